The summed E-state index contributed by atoms with van der Waals surface area (Å²) in [4.78, 5) is 14.1. The number of nitrogens with one attached hydrogen (secondary N) is 1. The monoisotopic (exact) mass is 404 g/mol. The quantitative estimate of drug-likeness (QED) is 0.366. The molecule has 0 unspecified atom stereocenters. The van der Waals surface area contributed by atoms with Gasteiger partial charge in [0.2, 0.25) is 5.91 Å². The van der Waals surface area contributed by atoms with E-state index in [0.29, 0.717) is 18.3 Å². The Morgan fingerprint density at radius 3 is 2.90 bits per heavy atom. The molecule has 2 fully saturated rings. The largest absolute Gasteiger partial charge is 0.392 e. The smallest absolute Gasteiger partial charge is 0.223 e. The maximum Gasteiger partial charge on any atom is 0.223 e. The molecule has 29 heavy (non-hydrogen) atoms. The number of unbranched alkanes of at least 4 members (excludes halogenated alkanes) is 2. The number of likely N-dealkylation sites (tertiary alicyclic amines) is 1. The van der Waals surface area contributed by atoms with Crippen molar-refractivity contribution in [2.75, 3.05) is 26.2 Å². The summed E-state index contributed by atoms with van der Waals surface area (Å²) in [6, 6.07) is 0. The van der Waals surface area contributed by atoms with Gasteiger partial charge in [-0.05, 0) is 43.9 Å². The highest BCUT2D eigenvalue weighted by molar-refractivity contribution is 5.76. The first-order chi connectivity index (χ1) is 14.1. The van der Waals surface area contributed by atoms with Gasteiger partial charge in [-0.1, -0.05) is 50.0 Å². The molecule has 5 heteroatoms. The van der Waals surface area contributed by atoms with Gasteiger partial charge in [0.05, 0.1) is 12.2 Å². The lowest BCUT2D eigenvalue weighted by atomic mass is 9.89. The summed E-state index contributed by atoms with van der Waals surface area (Å²) in [5, 5.41) is 24.1. The molecule has 0 aromatic heterocycles. The molecule has 0 aromatic rings. The summed E-state index contributed by atoms with van der Waals surface area (Å²) >= 11 is 0. The fourth-order valence-corrected chi connectivity index (χ4v) is 5.26. The number of nitrogens with zero attached hydrogens (tertiary/aromatic N) is 1. The van der Waals surface area contributed by atoms with E-state index in [0.717, 1.165) is 77.5 Å². The van der Waals surface area contributed by atoms with Crippen LogP contribution < -0.4 is 5.32 Å². The Bertz CT molecular complexity index is 583. The molecule has 0 aromatic carbocycles. The summed E-state index contributed by atoms with van der Waals surface area (Å²) in [5.74, 6) is 1.32. The van der Waals surface area contributed by atoms with Crippen LogP contribution in [-0.2, 0) is 4.79 Å². The predicted octanol–water partition coefficient (Wildman–Crippen LogP) is 3.03. The molecule has 5 atom stereocenters. The van der Waals surface area contributed by atoms with Crippen LogP contribution in [0.1, 0.15) is 64.7 Å². The van der Waals surface area contributed by atoms with Crippen molar-refractivity contribution in [3.05, 3.63) is 23.8 Å². The summed E-state index contributed by atoms with van der Waals surface area (Å²) in [5.41, 5.74) is 1.41. The van der Waals surface area contributed by atoms with Crippen LogP contribution in [0.25, 0.3) is 0 Å². The van der Waals surface area contributed by atoms with Gasteiger partial charge in [0.25, 0.3) is 0 Å². The number of carbonyl (C=O) groups excluding carboxylic acids is 1. The molecule has 164 valence electrons. The van der Waals surface area contributed by atoms with E-state index >= 15 is 0 Å². The molecule has 2 aliphatic carbocycles. The number of aliphatic hydroxyl groups is 2. The van der Waals surface area contributed by atoms with E-state index in [1.165, 1.54) is 5.57 Å². The zero-order valence-electron chi connectivity index (χ0n) is 18.1. The molecule has 1 saturated carbocycles. The zero-order valence-corrected chi connectivity index (χ0v) is 18.1. The first-order valence-corrected chi connectivity index (χ1v) is 11.8. The van der Waals surface area contributed by atoms with Gasteiger partial charge in [0, 0.05) is 38.5 Å². The number of carbonyl (C=O) groups is 1. The highest BCUT2D eigenvalue weighted by Crippen LogP contribution is 2.47. The van der Waals surface area contributed by atoms with E-state index in [4.69, 9.17) is 0 Å². The average molecular weight is 405 g/mol. The molecule has 1 amide bonds. The second-order valence-corrected chi connectivity index (χ2v) is 9.20. The van der Waals surface area contributed by atoms with Crippen LogP contribution in [0.4, 0.5) is 0 Å². The van der Waals surface area contributed by atoms with Crippen molar-refractivity contribution in [1.82, 2.24) is 10.2 Å². The predicted molar refractivity (Wildman–Crippen MR) is 116 cm³/mol. The van der Waals surface area contributed by atoms with Gasteiger partial charge in [0.15, 0.2) is 0 Å². The van der Waals surface area contributed by atoms with Crippen LogP contribution in [0.15, 0.2) is 23.8 Å². The molecule has 1 heterocycles. The third-order valence-electron chi connectivity index (χ3n) is 6.94. The third-order valence-corrected chi connectivity index (χ3v) is 6.94. The maximum absolute atomic E-state index is 12.1. The number of fused-ring (bicyclic) bond motifs is 1. The van der Waals surface area contributed by atoms with E-state index < -0.39 is 6.10 Å². The average Bonchev–Trinajstić information content (AvgIpc) is 3.41. The normalized spacial score (nSPS) is 30.2. The van der Waals surface area contributed by atoms with E-state index in [1.54, 1.807) is 0 Å². The first kappa shape index (κ1) is 22.5. The minimum Gasteiger partial charge on any atom is -0.392 e. The summed E-state index contributed by atoms with van der Waals surface area (Å²) in [7, 11) is 0. The molecule has 0 radical (unpaired) electrons. The minimum atomic E-state index is -0.392. The number of allylic oxidation sites excluding steroid dienone is 1. The number of rotatable bonds is 11. The van der Waals surface area contributed by atoms with Crippen molar-refractivity contribution in [2.24, 2.45) is 17.8 Å². The Hall–Kier alpha value is -1.17. The lowest BCUT2D eigenvalue weighted by molar-refractivity contribution is -0.130. The van der Waals surface area contributed by atoms with E-state index in [1.807, 2.05) is 11.0 Å². The second kappa shape index (κ2) is 11.3. The molecule has 5 nitrogen and oxygen atoms in total. The number of amides is 1. The molecule has 1 saturated heterocycles. The molecule has 0 spiro atoms. The number of aliphatic hydroxyl groups excluding tert-OH is 2. The van der Waals surface area contributed by atoms with Crippen LogP contribution in [0.2, 0.25) is 0 Å². The van der Waals surface area contributed by atoms with Crippen LogP contribution in [-0.4, -0.2) is 59.4 Å². The van der Waals surface area contributed by atoms with Crippen molar-refractivity contribution >= 4 is 5.91 Å². The van der Waals surface area contributed by atoms with Crippen molar-refractivity contribution in [1.29, 1.82) is 0 Å². The summed E-state index contributed by atoms with van der Waals surface area (Å²) < 4.78 is 0. The Balaban J connectivity index is 1.38. The van der Waals surface area contributed by atoms with Gasteiger partial charge < -0.3 is 20.4 Å². The van der Waals surface area contributed by atoms with Gasteiger partial charge in [-0.25, -0.2) is 0 Å². The highest BCUT2D eigenvalue weighted by atomic mass is 16.3. The summed E-state index contributed by atoms with van der Waals surface area (Å²) in [6.45, 7) is 5.60. The van der Waals surface area contributed by atoms with Crippen molar-refractivity contribution in [3.8, 4) is 0 Å². The van der Waals surface area contributed by atoms with Crippen LogP contribution in [0.5, 0.6) is 0 Å². The van der Waals surface area contributed by atoms with Gasteiger partial charge in [-0.2, -0.15) is 0 Å². The zero-order chi connectivity index (χ0) is 20.6. The first-order valence-electron chi connectivity index (χ1n) is 11.8. The van der Waals surface area contributed by atoms with Crippen LogP contribution in [0, 0.1) is 17.8 Å². The molecule has 0 bridgehead atoms. The van der Waals surface area contributed by atoms with Crippen molar-refractivity contribution in [2.45, 2.75) is 76.9 Å². The highest BCUT2D eigenvalue weighted by Gasteiger charge is 2.43. The molecule has 1 aliphatic heterocycles. The summed E-state index contributed by atoms with van der Waals surface area (Å²) in [6.07, 6.45) is 14.5. The van der Waals surface area contributed by atoms with Crippen molar-refractivity contribution < 1.29 is 15.0 Å². The van der Waals surface area contributed by atoms with Gasteiger partial charge in [-0.15, -0.1) is 0 Å². The van der Waals surface area contributed by atoms with Gasteiger partial charge in [0.1, 0.15) is 0 Å². The molecular formula is C24H40N2O3. The minimum absolute atomic E-state index is 0.145. The Labute approximate surface area is 176 Å². The van der Waals surface area contributed by atoms with Crippen molar-refractivity contribution in [3.63, 3.8) is 0 Å². The van der Waals surface area contributed by atoms with E-state index in [9.17, 15) is 15.0 Å². The second-order valence-electron chi connectivity index (χ2n) is 9.20. The Kier molecular flexibility index (Phi) is 8.76. The fourth-order valence-electron chi connectivity index (χ4n) is 5.26. The van der Waals surface area contributed by atoms with E-state index in [-0.39, 0.29) is 17.9 Å². The number of hydrogen-bond acceptors (Lipinski definition) is 4. The van der Waals surface area contributed by atoms with E-state index in [2.05, 4.69) is 24.4 Å². The molecule has 3 rings (SSSR count). The lowest BCUT2D eigenvalue weighted by Gasteiger charge is -2.19. The molecular weight excluding hydrogens is 364 g/mol. The molecule has 3 aliphatic rings. The fraction of sp³-hybridized carbons (Fsp3) is 0.792. The third kappa shape index (κ3) is 6.40. The Morgan fingerprint density at radius 1 is 1.34 bits per heavy atom. The topological polar surface area (TPSA) is 72.8 Å². The molecule has 3 N–H and O–H groups in total. The maximum atomic E-state index is 12.1. The SMILES string of the molecule is CCCCC[C@H](O)C=C[C@@H]1[C@H]2CC(CNCCC(=O)N3CCCC3)=C[C@H]2C[C@H]1O. The standard InChI is InChI=1S/C24H40N2O3/c1-2-3-4-7-20(27)8-9-21-22-15-18(14-19(22)16-23(21)28)17-25-11-10-24(29)26-12-5-6-13-26/h8-9,14,19-23,25,27-28H,2-7,10-13,15-17H2,1H3/t19-,20-,21+,22-,23+/m0/s1. The van der Waals surface area contributed by atoms with Crippen LogP contribution in [0.3, 0.4) is 0 Å². The number of hydrogen-bond donors (Lipinski definition) is 3. The van der Waals surface area contributed by atoms with Gasteiger partial charge >= 0.3 is 0 Å². The van der Waals surface area contributed by atoms with Crippen LogP contribution >= 0.6 is 0 Å². The lowest BCUT2D eigenvalue weighted by Crippen LogP contribution is -2.31. The Morgan fingerprint density at radius 2 is 2.14 bits per heavy atom. The van der Waals surface area contributed by atoms with Gasteiger partial charge in [-0.3, -0.25) is 4.79 Å².